The highest BCUT2D eigenvalue weighted by molar-refractivity contribution is 7.89. The number of rotatable bonds is 4. The first-order chi connectivity index (χ1) is 9.38. The van der Waals surface area contributed by atoms with Gasteiger partial charge in [0, 0.05) is 6.54 Å². The topological polar surface area (TPSA) is 92.4 Å². The van der Waals surface area contributed by atoms with Gasteiger partial charge in [0.15, 0.2) is 0 Å². The third-order valence-electron chi connectivity index (χ3n) is 3.77. The quantitative estimate of drug-likeness (QED) is 0.733. The van der Waals surface area contributed by atoms with E-state index in [1.165, 1.54) is 6.07 Å². The Morgan fingerprint density at radius 2 is 2.15 bits per heavy atom. The van der Waals surface area contributed by atoms with E-state index in [1.54, 1.807) is 12.1 Å². The van der Waals surface area contributed by atoms with Crippen molar-refractivity contribution in [2.24, 2.45) is 5.92 Å². The van der Waals surface area contributed by atoms with Crippen LogP contribution < -0.4 is 10.5 Å². The van der Waals surface area contributed by atoms with Crippen LogP contribution in [0, 0.1) is 12.8 Å². The fourth-order valence-electron chi connectivity index (χ4n) is 2.67. The minimum absolute atomic E-state index is 0.124. The van der Waals surface area contributed by atoms with E-state index in [9.17, 15) is 13.5 Å². The van der Waals surface area contributed by atoms with E-state index in [-0.39, 0.29) is 22.6 Å². The van der Waals surface area contributed by atoms with Crippen LogP contribution in [0.2, 0.25) is 0 Å². The highest BCUT2D eigenvalue weighted by atomic mass is 32.2. The lowest BCUT2D eigenvalue weighted by molar-refractivity contribution is 0.102. The molecule has 2 unspecified atom stereocenters. The Morgan fingerprint density at radius 1 is 1.40 bits per heavy atom. The Kier molecular flexibility index (Phi) is 4.67. The van der Waals surface area contributed by atoms with Gasteiger partial charge >= 0.3 is 0 Å². The van der Waals surface area contributed by atoms with Crippen LogP contribution in [0.15, 0.2) is 23.1 Å². The Hall–Kier alpha value is -1.11. The number of aliphatic hydroxyl groups excluding tert-OH is 1. The average molecular weight is 298 g/mol. The van der Waals surface area contributed by atoms with Crippen LogP contribution in [-0.4, -0.2) is 26.2 Å². The predicted octanol–water partition coefficient (Wildman–Crippen LogP) is 1.41. The van der Waals surface area contributed by atoms with Gasteiger partial charge in [-0.25, -0.2) is 13.1 Å². The fourth-order valence-corrected chi connectivity index (χ4v) is 3.89. The van der Waals surface area contributed by atoms with Crippen LogP contribution in [-0.2, 0) is 10.0 Å². The molecule has 20 heavy (non-hydrogen) atoms. The summed E-state index contributed by atoms with van der Waals surface area (Å²) in [5.41, 5.74) is 6.97. The summed E-state index contributed by atoms with van der Waals surface area (Å²) >= 11 is 0. The standard InChI is InChI=1S/C14H22N2O3S/c1-10-5-6-14(13(15)7-10)20(18,19)16-9-11-3-2-4-12(17)8-11/h5-7,11-12,16-17H,2-4,8-9,15H2,1H3. The summed E-state index contributed by atoms with van der Waals surface area (Å²) in [6.07, 6.45) is 3.06. The summed E-state index contributed by atoms with van der Waals surface area (Å²) in [4.78, 5) is 0.124. The minimum Gasteiger partial charge on any atom is -0.398 e. The molecular weight excluding hydrogens is 276 g/mol. The van der Waals surface area contributed by atoms with Crippen LogP contribution >= 0.6 is 0 Å². The van der Waals surface area contributed by atoms with Crippen molar-refractivity contribution >= 4 is 15.7 Å². The largest absolute Gasteiger partial charge is 0.398 e. The fraction of sp³-hybridized carbons (Fsp3) is 0.571. The Bertz CT molecular complexity index is 572. The van der Waals surface area contributed by atoms with Crippen molar-refractivity contribution in [3.8, 4) is 0 Å². The number of anilines is 1. The van der Waals surface area contributed by atoms with Gasteiger partial charge in [0.2, 0.25) is 10.0 Å². The molecule has 4 N–H and O–H groups in total. The first-order valence-corrected chi connectivity index (χ1v) is 8.40. The molecular formula is C14H22N2O3S. The minimum atomic E-state index is -3.58. The van der Waals surface area contributed by atoms with E-state index in [2.05, 4.69) is 4.72 Å². The second kappa shape index (κ2) is 6.11. The summed E-state index contributed by atoms with van der Waals surface area (Å²) in [6, 6.07) is 4.91. The Morgan fingerprint density at radius 3 is 2.80 bits per heavy atom. The van der Waals surface area contributed by atoms with Gasteiger partial charge in [0.1, 0.15) is 4.90 Å². The molecule has 0 radical (unpaired) electrons. The molecule has 2 atom stereocenters. The highest BCUT2D eigenvalue weighted by Gasteiger charge is 2.23. The molecule has 1 aliphatic carbocycles. The molecule has 5 nitrogen and oxygen atoms in total. The lowest BCUT2D eigenvalue weighted by Gasteiger charge is -2.25. The number of hydrogen-bond donors (Lipinski definition) is 3. The molecule has 1 aliphatic rings. The summed E-state index contributed by atoms with van der Waals surface area (Å²) < 4.78 is 27.1. The smallest absolute Gasteiger partial charge is 0.242 e. The SMILES string of the molecule is Cc1ccc(S(=O)(=O)NCC2CCCC(O)C2)c(N)c1. The molecule has 6 heteroatoms. The molecule has 1 saturated carbocycles. The van der Waals surface area contributed by atoms with E-state index in [0.717, 1.165) is 24.8 Å². The Labute approximate surface area is 120 Å². The highest BCUT2D eigenvalue weighted by Crippen LogP contribution is 2.25. The number of hydrogen-bond acceptors (Lipinski definition) is 4. The van der Waals surface area contributed by atoms with E-state index < -0.39 is 10.0 Å². The molecule has 112 valence electrons. The number of nitrogen functional groups attached to an aromatic ring is 1. The molecule has 1 aromatic rings. The monoisotopic (exact) mass is 298 g/mol. The van der Waals surface area contributed by atoms with Gasteiger partial charge < -0.3 is 10.8 Å². The average Bonchev–Trinajstić information content (AvgIpc) is 2.36. The normalized spacial score (nSPS) is 23.7. The summed E-state index contributed by atoms with van der Waals surface area (Å²) in [7, 11) is -3.58. The zero-order valence-corrected chi connectivity index (χ0v) is 12.5. The van der Waals surface area contributed by atoms with E-state index >= 15 is 0 Å². The number of aryl methyl sites for hydroxylation is 1. The van der Waals surface area contributed by atoms with Crippen LogP contribution in [0.1, 0.15) is 31.2 Å². The number of aliphatic hydroxyl groups is 1. The number of nitrogens with two attached hydrogens (primary N) is 1. The molecule has 0 aromatic heterocycles. The number of sulfonamides is 1. The second-order valence-electron chi connectivity index (χ2n) is 5.58. The zero-order chi connectivity index (χ0) is 14.8. The summed E-state index contributed by atoms with van der Waals surface area (Å²) in [6.45, 7) is 2.22. The molecule has 0 spiro atoms. The maximum Gasteiger partial charge on any atom is 0.242 e. The van der Waals surface area contributed by atoms with Gasteiger partial charge in [-0.05, 0) is 49.8 Å². The van der Waals surface area contributed by atoms with Crippen molar-refractivity contribution in [3.63, 3.8) is 0 Å². The summed E-state index contributed by atoms with van der Waals surface area (Å²) in [5, 5.41) is 9.60. The van der Waals surface area contributed by atoms with Crippen LogP contribution in [0.3, 0.4) is 0 Å². The maximum absolute atomic E-state index is 12.2. The van der Waals surface area contributed by atoms with Crippen LogP contribution in [0.4, 0.5) is 5.69 Å². The van der Waals surface area contributed by atoms with Crippen molar-refractivity contribution in [3.05, 3.63) is 23.8 Å². The third kappa shape index (κ3) is 3.71. The van der Waals surface area contributed by atoms with Crippen LogP contribution in [0.25, 0.3) is 0 Å². The van der Waals surface area contributed by atoms with Crippen molar-refractivity contribution in [1.29, 1.82) is 0 Å². The third-order valence-corrected chi connectivity index (χ3v) is 5.27. The van der Waals surface area contributed by atoms with Gasteiger partial charge in [-0.2, -0.15) is 0 Å². The Balaban J connectivity index is 2.03. The first-order valence-electron chi connectivity index (χ1n) is 6.92. The van der Waals surface area contributed by atoms with E-state index in [4.69, 9.17) is 5.73 Å². The molecule has 1 fully saturated rings. The van der Waals surface area contributed by atoms with Crippen molar-refractivity contribution in [2.75, 3.05) is 12.3 Å². The van der Waals surface area contributed by atoms with E-state index in [1.807, 2.05) is 6.92 Å². The van der Waals surface area contributed by atoms with Crippen molar-refractivity contribution < 1.29 is 13.5 Å². The second-order valence-corrected chi connectivity index (χ2v) is 7.32. The van der Waals surface area contributed by atoms with Gasteiger partial charge in [0.25, 0.3) is 0 Å². The molecule has 2 rings (SSSR count). The zero-order valence-electron chi connectivity index (χ0n) is 11.7. The molecule has 0 aliphatic heterocycles. The first kappa shape index (κ1) is 15.3. The lowest BCUT2D eigenvalue weighted by atomic mass is 9.87. The van der Waals surface area contributed by atoms with Gasteiger partial charge in [-0.3, -0.25) is 0 Å². The van der Waals surface area contributed by atoms with Gasteiger partial charge in [-0.1, -0.05) is 12.5 Å². The summed E-state index contributed by atoms with van der Waals surface area (Å²) in [5.74, 6) is 0.195. The number of benzene rings is 1. The predicted molar refractivity (Wildman–Crippen MR) is 78.7 cm³/mol. The number of nitrogens with one attached hydrogen (secondary N) is 1. The molecule has 1 aromatic carbocycles. The van der Waals surface area contributed by atoms with Crippen molar-refractivity contribution in [2.45, 2.75) is 43.6 Å². The van der Waals surface area contributed by atoms with Gasteiger partial charge in [-0.15, -0.1) is 0 Å². The van der Waals surface area contributed by atoms with E-state index in [0.29, 0.717) is 13.0 Å². The maximum atomic E-state index is 12.2. The lowest BCUT2D eigenvalue weighted by Crippen LogP contribution is -2.33. The molecule has 0 bridgehead atoms. The molecule has 0 amide bonds. The molecule has 0 heterocycles. The van der Waals surface area contributed by atoms with Gasteiger partial charge in [0.05, 0.1) is 11.8 Å². The van der Waals surface area contributed by atoms with Crippen molar-refractivity contribution in [1.82, 2.24) is 4.72 Å². The van der Waals surface area contributed by atoms with Crippen LogP contribution in [0.5, 0.6) is 0 Å². The molecule has 0 saturated heterocycles.